The zero-order chi connectivity index (χ0) is 11.7. The molecule has 0 unspecified atom stereocenters. The maximum atomic E-state index is 11.3. The monoisotopic (exact) mass is 213 g/mol. The van der Waals surface area contributed by atoms with Crippen molar-refractivity contribution in [3.05, 3.63) is 25.3 Å². The normalized spacial score (nSPS) is 9.07. The van der Waals surface area contributed by atoms with Crippen LogP contribution in [0, 0.1) is 0 Å². The Bertz CT molecular complexity index is 250. The summed E-state index contributed by atoms with van der Waals surface area (Å²) >= 11 is 0. The molecule has 0 radical (unpaired) electrons. The molecule has 0 bridgehead atoms. The van der Waals surface area contributed by atoms with E-state index < -0.39 is 12.1 Å². The van der Waals surface area contributed by atoms with E-state index in [1.54, 1.807) is 0 Å². The molecule has 0 aliphatic rings. The van der Waals surface area contributed by atoms with Crippen LogP contribution in [0.2, 0.25) is 0 Å². The zero-order valence-electron chi connectivity index (χ0n) is 8.52. The summed E-state index contributed by atoms with van der Waals surface area (Å²) < 4.78 is 4.77. The van der Waals surface area contributed by atoms with E-state index in [1.165, 1.54) is 17.1 Å². The van der Waals surface area contributed by atoms with E-state index >= 15 is 0 Å². The van der Waals surface area contributed by atoms with Crippen LogP contribution in [0.15, 0.2) is 25.3 Å². The van der Waals surface area contributed by atoms with E-state index in [0.29, 0.717) is 0 Å². The first-order valence-corrected chi connectivity index (χ1v) is 4.47. The molecule has 0 fully saturated rings. The number of ether oxygens (including phenoxy) is 1. The van der Waals surface area contributed by atoms with E-state index in [4.69, 9.17) is 9.84 Å². The van der Waals surface area contributed by atoms with Crippen LogP contribution < -0.4 is 0 Å². The summed E-state index contributed by atoms with van der Waals surface area (Å²) in [6.07, 6.45) is 2.28. The van der Waals surface area contributed by atoms with Crippen LogP contribution in [0.25, 0.3) is 0 Å². The highest BCUT2D eigenvalue weighted by atomic mass is 16.6. The van der Waals surface area contributed by atoms with Crippen LogP contribution in [-0.2, 0) is 9.53 Å². The number of aliphatic carboxylic acids is 1. The SMILES string of the molecule is C=CCOC(=O)N(CC=C)CCC(=O)O. The Morgan fingerprint density at radius 1 is 1.33 bits per heavy atom. The maximum Gasteiger partial charge on any atom is 0.410 e. The van der Waals surface area contributed by atoms with Gasteiger partial charge < -0.3 is 14.7 Å². The number of nitrogens with zero attached hydrogens (tertiary/aromatic N) is 1. The molecule has 0 aliphatic carbocycles. The molecule has 0 aromatic heterocycles. The summed E-state index contributed by atoms with van der Waals surface area (Å²) in [5.41, 5.74) is 0. The molecule has 5 nitrogen and oxygen atoms in total. The van der Waals surface area contributed by atoms with Gasteiger partial charge in [0, 0.05) is 13.1 Å². The van der Waals surface area contributed by atoms with Crippen molar-refractivity contribution in [3.8, 4) is 0 Å². The molecule has 0 rings (SSSR count). The van der Waals surface area contributed by atoms with E-state index in [9.17, 15) is 9.59 Å². The van der Waals surface area contributed by atoms with Gasteiger partial charge in [0.1, 0.15) is 6.61 Å². The van der Waals surface area contributed by atoms with Gasteiger partial charge in [0.05, 0.1) is 6.42 Å². The van der Waals surface area contributed by atoms with Crippen LogP contribution in [0.3, 0.4) is 0 Å². The molecular formula is C10H15NO4. The van der Waals surface area contributed by atoms with Crippen molar-refractivity contribution in [3.63, 3.8) is 0 Å². The number of carboxylic acids is 1. The minimum atomic E-state index is -0.958. The second-order valence-corrected chi connectivity index (χ2v) is 2.74. The van der Waals surface area contributed by atoms with Crippen LogP contribution in [0.5, 0.6) is 0 Å². The van der Waals surface area contributed by atoms with Crippen molar-refractivity contribution in [2.24, 2.45) is 0 Å². The summed E-state index contributed by atoms with van der Waals surface area (Å²) in [5.74, 6) is -0.958. The van der Waals surface area contributed by atoms with Gasteiger partial charge in [-0.2, -0.15) is 0 Å². The summed E-state index contributed by atoms with van der Waals surface area (Å²) in [7, 11) is 0. The Morgan fingerprint density at radius 2 is 2.00 bits per heavy atom. The van der Waals surface area contributed by atoms with Gasteiger partial charge in [-0.1, -0.05) is 18.7 Å². The number of carboxylic acid groups (broad SMARTS) is 1. The van der Waals surface area contributed by atoms with Gasteiger partial charge in [-0.05, 0) is 0 Å². The van der Waals surface area contributed by atoms with Gasteiger partial charge in [-0.15, -0.1) is 6.58 Å². The Hall–Kier alpha value is -1.78. The van der Waals surface area contributed by atoms with Crippen molar-refractivity contribution in [1.29, 1.82) is 0 Å². The second kappa shape index (κ2) is 7.61. The molecule has 15 heavy (non-hydrogen) atoms. The Kier molecular flexibility index (Phi) is 6.70. The standard InChI is InChI=1S/C10H15NO4/c1-3-6-11(7-5-9(12)13)10(14)15-8-4-2/h3-4H,1-2,5-8H2,(H,12,13). The van der Waals surface area contributed by atoms with Gasteiger partial charge in [0.25, 0.3) is 0 Å². The first-order chi connectivity index (χ1) is 7.11. The predicted molar refractivity (Wildman–Crippen MR) is 55.6 cm³/mol. The highest BCUT2D eigenvalue weighted by molar-refractivity contribution is 5.70. The number of amides is 1. The van der Waals surface area contributed by atoms with Crippen molar-refractivity contribution < 1.29 is 19.4 Å². The van der Waals surface area contributed by atoms with Gasteiger partial charge in [-0.25, -0.2) is 4.79 Å². The summed E-state index contributed by atoms with van der Waals surface area (Å²) in [5, 5.41) is 8.47. The smallest absolute Gasteiger partial charge is 0.410 e. The molecule has 0 saturated carbocycles. The summed E-state index contributed by atoms with van der Waals surface area (Å²) in [4.78, 5) is 22.9. The molecule has 0 aromatic rings. The van der Waals surface area contributed by atoms with Crippen LogP contribution in [0.1, 0.15) is 6.42 Å². The topological polar surface area (TPSA) is 66.8 Å². The minimum Gasteiger partial charge on any atom is -0.481 e. The van der Waals surface area contributed by atoms with Crippen LogP contribution in [0.4, 0.5) is 4.79 Å². The molecule has 5 heteroatoms. The minimum absolute atomic E-state index is 0.108. The van der Waals surface area contributed by atoms with E-state index in [1.807, 2.05) is 0 Å². The summed E-state index contributed by atoms with van der Waals surface area (Å²) in [6, 6.07) is 0. The maximum absolute atomic E-state index is 11.3. The molecule has 0 saturated heterocycles. The third kappa shape index (κ3) is 6.31. The van der Waals surface area contributed by atoms with Gasteiger partial charge >= 0.3 is 12.1 Å². The van der Waals surface area contributed by atoms with Crippen LogP contribution in [-0.4, -0.2) is 41.8 Å². The average molecular weight is 213 g/mol. The number of hydrogen-bond acceptors (Lipinski definition) is 3. The molecule has 0 aliphatic heterocycles. The lowest BCUT2D eigenvalue weighted by atomic mass is 10.4. The molecule has 0 heterocycles. The predicted octanol–water partition coefficient (Wildman–Crippen LogP) is 1.27. The molecule has 0 atom stereocenters. The molecule has 1 N–H and O–H groups in total. The third-order valence-electron chi connectivity index (χ3n) is 1.53. The van der Waals surface area contributed by atoms with E-state index in [-0.39, 0.29) is 26.1 Å². The fourth-order valence-corrected chi connectivity index (χ4v) is 0.865. The Balaban J connectivity index is 4.10. The van der Waals surface area contributed by atoms with E-state index in [0.717, 1.165) is 0 Å². The third-order valence-corrected chi connectivity index (χ3v) is 1.53. The number of carbonyl (C=O) groups is 2. The quantitative estimate of drug-likeness (QED) is 0.647. The van der Waals surface area contributed by atoms with E-state index in [2.05, 4.69) is 13.2 Å². The fraction of sp³-hybridized carbons (Fsp3) is 0.400. The number of carbonyl (C=O) groups excluding carboxylic acids is 1. The van der Waals surface area contributed by atoms with Crippen LogP contribution >= 0.6 is 0 Å². The molecule has 0 aromatic carbocycles. The lowest BCUT2D eigenvalue weighted by Gasteiger charge is -2.18. The Morgan fingerprint density at radius 3 is 2.47 bits per heavy atom. The largest absolute Gasteiger partial charge is 0.481 e. The molecule has 1 amide bonds. The van der Waals surface area contributed by atoms with Crippen molar-refractivity contribution in [2.45, 2.75) is 6.42 Å². The summed E-state index contributed by atoms with van der Waals surface area (Å²) in [6.45, 7) is 7.36. The van der Waals surface area contributed by atoms with Gasteiger partial charge in [-0.3, -0.25) is 4.79 Å². The average Bonchev–Trinajstić information content (AvgIpc) is 2.20. The molecule has 84 valence electrons. The first kappa shape index (κ1) is 13.2. The first-order valence-electron chi connectivity index (χ1n) is 4.47. The second-order valence-electron chi connectivity index (χ2n) is 2.74. The van der Waals surface area contributed by atoms with Gasteiger partial charge in [0.15, 0.2) is 0 Å². The van der Waals surface area contributed by atoms with Crippen molar-refractivity contribution in [1.82, 2.24) is 4.90 Å². The molecular weight excluding hydrogens is 198 g/mol. The highest BCUT2D eigenvalue weighted by Crippen LogP contribution is 1.97. The zero-order valence-corrected chi connectivity index (χ0v) is 8.52. The number of hydrogen-bond donors (Lipinski definition) is 1. The lowest BCUT2D eigenvalue weighted by molar-refractivity contribution is -0.137. The number of rotatable bonds is 7. The molecule has 0 spiro atoms. The van der Waals surface area contributed by atoms with Gasteiger partial charge in [0.2, 0.25) is 0 Å². The van der Waals surface area contributed by atoms with Crippen molar-refractivity contribution >= 4 is 12.1 Å². The fourth-order valence-electron chi connectivity index (χ4n) is 0.865. The van der Waals surface area contributed by atoms with Crippen molar-refractivity contribution in [2.75, 3.05) is 19.7 Å². The Labute approximate surface area is 88.6 Å². The lowest BCUT2D eigenvalue weighted by Crippen LogP contribution is -2.33. The highest BCUT2D eigenvalue weighted by Gasteiger charge is 2.13.